The van der Waals surface area contributed by atoms with E-state index in [0.29, 0.717) is 17.2 Å². The number of aromatic hydroxyl groups is 1. The summed E-state index contributed by atoms with van der Waals surface area (Å²) < 4.78 is 1.69. The van der Waals surface area contributed by atoms with Crippen LogP contribution in [0.15, 0.2) is 60.7 Å². The van der Waals surface area contributed by atoms with Crippen molar-refractivity contribution in [1.82, 2.24) is 25.1 Å². The molecule has 0 aliphatic carbocycles. The normalized spacial score (nSPS) is 13.1. The van der Waals surface area contributed by atoms with Gasteiger partial charge in [-0.15, -0.1) is 0 Å². The van der Waals surface area contributed by atoms with Crippen LogP contribution >= 0.6 is 0 Å². The molecule has 0 unspecified atom stereocenters. The molecule has 5 aromatic rings. The Balaban J connectivity index is 1.38. The van der Waals surface area contributed by atoms with Gasteiger partial charge in [-0.3, -0.25) is 4.68 Å². The van der Waals surface area contributed by atoms with Crippen molar-refractivity contribution in [2.24, 2.45) is 7.05 Å². The van der Waals surface area contributed by atoms with Gasteiger partial charge in [-0.05, 0) is 41.3 Å². The van der Waals surface area contributed by atoms with Crippen molar-refractivity contribution in [3.8, 4) is 39.7 Å². The van der Waals surface area contributed by atoms with E-state index < -0.39 is 0 Å². The van der Waals surface area contributed by atoms with Gasteiger partial charge in [0, 0.05) is 25.7 Å². The Kier molecular flexibility index (Phi) is 4.16. The second-order valence-electron chi connectivity index (χ2n) is 8.44. The maximum atomic E-state index is 11.1. The third kappa shape index (κ3) is 2.99. The molecule has 6 heteroatoms. The predicted octanol–water partition coefficient (Wildman–Crippen LogP) is 4.91. The van der Waals surface area contributed by atoms with E-state index in [4.69, 9.17) is 4.98 Å². The first-order valence-corrected chi connectivity index (χ1v) is 10.7. The molecule has 158 valence electrons. The van der Waals surface area contributed by atoms with Crippen LogP contribution in [-0.2, 0) is 20.1 Å². The Morgan fingerprint density at radius 1 is 0.906 bits per heavy atom. The highest BCUT2D eigenvalue weighted by molar-refractivity contribution is 5.84. The van der Waals surface area contributed by atoms with E-state index >= 15 is 0 Å². The first-order chi connectivity index (χ1) is 15.6. The number of hydrogen-bond donors (Lipinski definition) is 3. The lowest BCUT2D eigenvalue weighted by Gasteiger charge is -2.04. The van der Waals surface area contributed by atoms with Crippen molar-refractivity contribution < 1.29 is 5.11 Å². The zero-order valence-corrected chi connectivity index (χ0v) is 18.0. The number of aryl methyl sites for hydroxylation is 2. The van der Waals surface area contributed by atoms with Crippen molar-refractivity contribution in [2.75, 3.05) is 0 Å². The summed E-state index contributed by atoms with van der Waals surface area (Å²) in [5.74, 6) is 0.746. The summed E-state index contributed by atoms with van der Waals surface area (Å²) in [7, 11) is 1.83. The van der Waals surface area contributed by atoms with Gasteiger partial charge < -0.3 is 15.4 Å². The smallest absolute Gasteiger partial charge is 0.173 e. The summed E-state index contributed by atoms with van der Waals surface area (Å²) in [6.07, 6.45) is 0. The van der Waals surface area contributed by atoms with Gasteiger partial charge in [-0.25, -0.2) is 4.98 Å². The molecular formula is C26H23N5O. The molecule has 1 aliphatic rings. The quantitative estimate of drug-likeness (QED) is 0.387. The first-order valence-electron chi connectivity index (χ1n) is 10.7. The molecule has 0 saturated heterocycles. The van der Waals surface area contributed by atoms with E-state index in [9.17, 15) is 5.11 Å². The highest BCUT2D eigenvalue weighted by Gasteiger charge is 2.22. The van der Waals surface area contributed by atoms with Crippen LogP contribution in [0.1, 0.15) is 16.7 Å². The number of nitrogens with one attached hydrogen (secondary N) is 2. The maximum Gasteiger partial charge on any atom is 0.173 e. The van der Waals surface area contributed by atoms with E-state index in [-0.39, 0.29) is 5.75 Å². The van der Waals surface area contributed by atoms with Crippen LogP contribution in [0.25, 0.3) is 44.9 Å². The Morgan fingerprint density at radius 3 is 2.44 bits per heavy atom. The monoisotopic (exact) mass is 421 g/mol. The third-order valence-corrected chi connectivity index (χ3v) is 6.19. The molecule has 3 aromatic carbocycles. The third-order valence-electron chi connectivity index (χ3n) is 6.19. The van der Waals surface area contributed by atoms with Gasteiger partial charge in [0.15, 0.2) is 11.6 Å². The molecule has 6 nitrogen and oxygen atoms in total. The van der Waals surface area contributed by atoms with Crippen LogP contribution in [0.3, 0.4) is 0 Å². The van der Waals surface area contributed by atoms with Crippen molar-refractivity contribution in [1.29, 1.82) is 0 Å². The fourth-order valence-electron chi connectivity index (χ4n) is 4.54. The molecule has 3 N–H and O–H groups in total. The largest absolute Gasteiger partial charge is 0.504 e. The Hall–Kier alpha value is -3.90. The van der Waals surface area contributed by atoms with Crippen LogP contribution in [-0.4, -0.2) is 24.9 Å². The number of H-pyrrole nitrogens is 1. The van der Waals surface area contributed by atoms with E-state index in [0.717, 1.165) is 35.2 Å². The minimum absolute atomic E-state index is 0.129. The number of fused-ring (bicyclic) bond motifs is 2. The summed E-state index contributed by atoms with van der Waals surface area (Å²) in [6, 6.07) is 20.8. The lowest BCUT2D eigenvalue weighted by Crippen LogP contribution is -1.99. The average Bonchev–Trinajstić information content (AvgIpc) is 3.48. The van der Waals surface area contributed by atoms with Crippen LogP contribution in [0.5, 0.6) is 5.75 Å². The van der Waals surface area contributed by atoms with Crippen molar-refractivity contribution in [3.05, 3.63) is 77.4 Å². The van der Waals surface area contributed by atoms with Gasteiger partial charge in [0.2, 0.25) is 0 Å². The molecule has 2 aromatic heterocycles. The van der Waals surface area contributed by atoms with E-state index in [1.807, 2.05) is 19.2 Å². The second-order valence-corrected chi connectivity index (χ2v) is 8.44. The lowest BCUT2D eigenvalue weighted by atomic mass is 10.0. The summed E-state index contributed by atoms with van der Waals surface area (Å²) in [5, 5.41) is 19.0. The number of hydrogen-bond acceptors (Lipinski definition) is 4. The van der Waals surface area contributed by atoms with Gasteiger partial charge in [-0.1, -0.05) is 54.1 Å². The molecule has 3 heterocycles. The molecule has 6 rings (SSSR count). The number of rotatable bonds is 3. The van der Waals surface area contributed by atoms with Crippen molar-refractivity contribution in [2.45, 2.75) is 20.0 Å². The molecule has 0 fully saturated rings. The standard InChI is InChI=1S/C26H23N5O/c1-15-4-3-5-18(10-15)16-6-8-17(9-7-16)23-25(32)24(31(2)30-23)26-28-21-11-19-13-27-14-20(19)12-22(21)29-26/h3-12,27,32H,13-14H2,1-2H3,(H,28,29). The number of aromatic amines is 1. The topological polar surface area (TPSA) is 78.8 Å². The van der Waals surface area contributed by atoms with Gasteiger partial charge in [-0.2, -0.15) is 5.10 Å². The number of aromatic nitrogens is 4. The minimum atomic E-state index is 0.129. The number of nitrogens with zero attached hydrogens (tertiary/aromatic N) is 3. The highest BCUT2D eigenvalue weighted by atomic mass is 16.3. The van der Waals surface area contributed by atoms with E-state index in [1.54, 1.807) is 4.68 Å². The number of imidazole rings is 1. The average molecular weight is 422 g/mol. The van der Waals surface area contributed by atoms with Crippen LogP contribution in [0.4, 0.5) is 0 Å². The molecule has 0 radical (unpaired) electrons. The summed E-state index contributed by atoms with van der Waals surface area (Å²) in [5.41, 5.74) is 9.95. The van der Waals surface area contributed by atoms with Crippen LogP contribution in [0.2, 0.25) is 0 Å². The summed E-state index contributed by atoms with van der Waals surface area (Å²) in [6.45, 7) is 3.83. The fourth-order valence-corrected chi connectivity index (χ4v) is 4.54. The maximum absolute atomic E-state index is 11.1. The molecule has 0 atom stereocenters. The Bertz CT molecular complexity index is 1440. The Labute approximate surface area is 185 Å². The van der Waals surface area contributed by atoms with Gasteiger partial charge >= 0.3 is 0 Å². The minimum Gasteiger partial charge on any atom is -0.504 e. The van der Waals surface area contributed by atoms with Crippen molar-refractivity contribution >= 4 is 11.0 Å². The molecule has 0 spiro atoms. The zero-order chi connectivity index (χ0) is 21.8. The van der Waals surface area contributed by atoms with Crippen LogP contribution in [0, 0.1) is 6.92 Å². The van der Waals surface area contributed by atoms with E-state index in [2.05, 4.69) is 70.9 Å². The molecule has 32 heavy (non-hydrogen) atoms. The molecule has 0 amide bonds. The lowest BCUT2D eigenvalue weighted by molar-refractivity contribution is 0.478. The summed E-state index contributed by atoms with van der Waals surface area (Å²) >= 11 is 0. The van der Waals surface area contributed by atoms with E-state index in [1.165, 1.54) is 22.3 Å². The molecule has 0 bridgehead atoms. The molecule has 0 saturated carbocycles. The zero-order valence-electron chi connectivity index (χ0n) is 18.0. The summed E-state index contributed by atoms with van der Waals surface area (Å²) in [4.78, 5) is 8.11. The van der Waals surface area contributed by atoms with Gasteiger partial charge in [0.1, 0.15) is 11.4 Å². The highest BCUT2D eigenvalue weighted by Crippen LogP contribution is 2.38. The predicted molar refractivity (Wildman–Crippen MR) is 126 cm³/mol. The SMILES string of the molecule is Cc1cccc(-c2ccc(-c3nn(C)c(-c4nc5cc6c(cc5[nH]4)CNC6)c3O)cc2)c1. The van der Waals surface area contributed by atoms with Crippen molar-refractivity contribution in [3.63, 3.8) is 0 Å². The first kappa shape index (κ1) is 18.8. The molecule has 1 aliphatic heterocycles. The Morgan fingerprint density at radius 2 is 1.66 bits per heavy atom. The van der Waals surface area contributed by atoms with Gasteiger partial charge in [0.25, 0.3) is 0 Å². The van der Waals surface area contributed by atoms with Crippen LogP contribution < -0.4 is 5.32 Å². The number of benzene rings is 3. The molecular weight excluding hydrogens is 398 g/mol. The second kappa shape index (κ2) is 7.07. The fraction of sp³-hybridized carbons (Fsp3) is 0.154. The van der Waals surface area contributed by atoms with Gasteiger partial charge in [0.05, 0.1) is 11.0 Å².